The Hall–Kier alpha value is -2.39. The van der Waals surface area contributed by atoms with Gasteiger partial charge in [0.25, 0.3) is 0 Å². The molecule has 0 radical (unpaired) electrons. The van der Waals surface area contributed by atoms with Crippen molar-refractivity contribution < 1.29 is 4.79 Å². The lowest BCUT2D eigenvalue weighted by Gasteiger charge is -2.02. The second kappa shape index (κ2) is 7.93. The first-order valence-corrected chi connectivity index (χ1v) is 9.04. The standard InChI is InChI=1S/C15H14N6OS2/c1-2-13-19-21-15(24-13)17-12(22)9-23-14-4-3-11(18-20-14)10-5-7-16-8-6-10/h3-8H,2,9H2,1H3,(H,17,21,22). The second-order valence-corrected chi connectivity index (χ2v) is 6.74. The molecule has 24 heavy (non-hydrogen) atoms. The highest BCUT2D eigenvalue weighted by molar-refractivity contribution is 7.99. The number of pyridine rings is 1. The molecular formula is C15H14N6OS2. The Labute approximate surface area is 147 Å². The zero-order chi connectivity index (χ0) is 16.8. The number of rotatable bonds is 6. The van der Waals surface area contributed by atoms with E-state index in [1.54, 1.807) is 12.4 Å². The van der Waals surface area contributed by atoms with Crippen molar-refractivity contribution in [2.75, 3.05) is 11.1 Å². The van der Waals surface area contributed by atoms with Crippen LogP contribution in [0, 0.1) is 0 Å². The topological polar surface area (TPSA) is 93.6 Å². The molecule has 0 atom stereocenters. The Morgan fingerprint density at radius 3 is 2.62 bits per heavy atom. The van der Waals surface area contributed by atoms with Crippen molar-refractivity contribution in [2.24, 2.45) is 0 Å². The van der Waals surface area contributed by atoms with Gasteiger partial charge < -0.3 is 0 Å². The fourth-order valence-electron chi connectivity index (χ4n) is 1.82. The molecule has 0 saturated heterocycles. The highest BCUT2D eigenvalue weighted by atomic mass is 32.2. The minimum absolute atomic E-state index is 0.140. The van der Waals surface area contributed by atoms with Crippen LogP contribution in [0.3, 0.4) is 0 Å². The van der Waals surface area contributed by atoms with Gasteiger partial charge in [0.1, 0.15) is 10.0 Å². The second-order valence-electron chi connectivity index (χ2n) is 4.68. The van der Waals surface area contributed by atoms with Gasteiger partial charge in [0.05, 0.1) is 11.4 Å². The number of aromatic nitrogens is 5. The first kappa shape index (κ1) is 16.5. The minimum atomic E-state index is -0.140. The van der Waals surface area contributed by atoms with Gasteiger partial charge in [-0.3, -0.25) is 15.1 Å². The number of carbonyl (C=O) groups excluding carboxylic acids is 1. The lowest BCUT2D eigenvalue weighted by molar-refractivity contribution is -0.113. The molecular weight excluding hydrogens is 344 g/mol. The zero-order valence-corrected chi connectivity index (χ0v) is 14.5. The van der Waals surface area contributed by atoms with Crippen LogP contribution in [0.1, 0.15) is 11.9 Å². The molecule has 0 saturated carbocycles. The molecule has 0 aliphatic carbocycles. The van der Waals surface area contributed by atoms with E-state index in [1.807, 2.05) is 31.2 Å². The SMILES string of the molecule is CCc1nnc(NC(=O)CSc2ccc(-c3ccncc3)nn2)s1. The number of thioether (sulfide) groups is 1. The molecule has 0 bridgehead atoms. The minimum Gasteiger partial charge on any atom is -0.300 e. The van der Waals surface area contributed by atoms with Gasteiger partial charge in [0, 0.05) is 18.0 Å². The first-order chi connectivity index (χ1) is 11.7. The molecule has 1 amide bonds. The Balaban J connectivity index is 1.53. The average molecular weight is 358 g/mol. The van der Waals surface area contributed by atoms with Gasteiger partial charge in [-0.1, -0.05) is 30.0 Å². The van der Waals surface area contributed by atoms with Gasteiger partial charge in [0.15, 0.2) is 0 Å². The molecule has 3 rings (SSSR count). The van der Waals surface area contributed by atoms with E-state index in [2.05, 4.69) is 30.7 Å². The molecule has 3 heterocycles. The number of nitrogens with one attached hydrogen (secondary N) is 1. The summed E-state index contributed by atoms with van der Waals surface area (Å²) in [4.78, 5) is 15.9. The van der Waals surface area contributed by atoms with Gasteiger partial charge >= 0.3 is 0 Å². The van der Waals surface area contributed by atoms with E-state index in [4.69, 9.17) is 0 Å². The summed E-state index contributed by atoms with van der Waals surface area (Å²) in [7, 11) is 0. The molecule has 122 valence electrons. The van der Waals surface area contributed by atoms with E-state index in [0.29, 0.717) is 10.2 Å². The van der Waals surface area contributed by atoms with Crippen molar-refractivity contribution in [1.82, 2.24) is 25.4 Å². The van der Waals surface area contributed by atoms with Crippen molar-refractivity contribution in [1.29, 1.82) is 0 Å². The maximum Gasteiger partial charge on any atom is 0.236 e. The molecule has 0 aliphatic heterocycles. The van der Waals surface area contributed by atoms with Crippen LogP contribution in [0.15, 0.2) is 41.7 Å². The number of aryl methyl sites for hydroxylation is 1. The van der Waals surface area contributed by atoms with E-state index in [1.165, 1.54) is 23.1 Å². The first-order valence-electron chi connectivity index (χ1n) is 7.23. The summed E-state index contributed by atoms with van der Waals surface area (Å²) < 4.78 is 0. The largest absolute Gasteiger partial charge is 0.300 e. The summed E-state index contributed by atoms with van der Waals surface area (Å²) in [5.74, 6) is 0.100. The number of nitrogens with zero attached hydrogens (tertiary/aromatic N) is 5. The zero-order valence-electron chi connectivity index (χ0n) is 12.8. The van der Waals surface area contributed by atoms with Gasteiger partial charge in [-0.15, -0.1) is 20.4 Å². The molecule has 0 unspecified atom stereocenters. The van der Waals surface area contributed by atoms with E-state index < -0.39 is 0 Å². The molecule has 0 spiro atoms. The van der Waals surface area contributed by atoms with Crippen LogP contribution < -0.4 is 5.32 Å². The van der Waals surface area contributed by atoms with Crippen molar-refractivity contribution >= 4 is 34.1 Å². The molecule has 7 nitrogen and oxygen atoms in total. The lowest BCUT2D eigenvalue weighted by atomic mass is 10.2. The quantitative estimate of drug-likeness (QED) is 0.677. The van der Waals surface area contributed by atoms with Crippen molar-refractivity contribution in [3.05, 3.63) is 41.7 Å². The van der Waals surface area contributed by atoms with Crippen LogP contribution in [0.25, 0.3) is 11.3 Å². The van der Waals surface area contributed by atoms with Gasteiger partial charge in [-0.05, 0) is 30.7 Å². The van der Waals surface area contributed by atoms with Crippen LogP contribution in [0.4, 0.5) is 5.13 Å². The summed E-state index contributed by atoms with van der Waals surface area (Å²) in [6.45, 7) is 2.00. The summed E-state index contributed by atoms with van der Waals surface area (Å²) in [5, 5.41) is 21.0. The Morgan fingerprint density at radius 2 is 1.96 bits per heavy atom. The van der Waals surface area contributed by atoms with Crippen LogP contribution >= 0.6 is 23.1 Å². The third-order valence-electron chi connectivity index (χ3n) is 2.98. The fourth-order valence-corrected chi connectivity index (χ4v) is 3.13. The summed E-state index contributed by atoms with van der Waals surface area (Å²) >= 11 is 2.71. The van der Waals surface area contributed by atoms with E-state index >= 15 is 0 Å². The predicted molar refractivity (Wildman–Crippen MR) is 93.9 cm³/mol. The van der Waals surface area contributed by atoms with Crippen molar-refractivity contribution in [3.8, 4) is 11.3 Å². The Kier molecular flexibility index (Phi) is 5.44. The molecule has 0 fully saturated rings. The number of anilines is 1. The molecule has 0 aromatic carbocycles. The Morgan fingerprint density at radius 1 is 1.12 bits per heavy atom. The highest BCUT2D eigenvalue weighted by Crippen LogP contribution is 2.20. The summed E-state index contributed by atoms with van der Waals surface area (Å²) in [6, 6.07) is 7.47. The number of hydrogen-bond donors (Lipinski definition) is 1. The average Bonchev–Trinajstić information content (AvgIpc) is 3.09. The maximum atomic E-state index is 11.9. The normalized spacial score (nSPS) is 10.5. The van der Waals surface area contributed by atoms with Gasteiger partial charge in [-0.25, -0.2) is 0 Å². The van der Waals surface area contributed by atoms with Crippen LogP contribution in [0.5, 0.6) is 0 Å². The van der Waals surface area contributed by atoms with E-state index in [9.17, 15) is 4.79 Å². The fraction of sp³-hybridized carbons (Fsp3) is 0.200. The summed E-state index contributed by atoms with van der Waals surface area (Å²) in [5.41, 5.74) is 1.72. The monoisotopic (exact) mass is 358 g/mol. The van der Waals surface area contributed by atoms with Crippen molar-refractivity contribution in [2.45, 2.75) is 18.4 Å². The summed E-state index contributed by atoms with van der Waals surface area (Å²) in [6.07, 6.45) is 4.23. The molecule has 1 N–H and O–H groups in total. The van der Waals surface area contributed by atoms with E-state index in [0.717, 1.165) is 22.7 Å². The number of carbonyl (C=O) groups is 1. The Bertz CT molecular complexity index is 806. The lowest BCUT2D eigenvalue weighted by Crippen LogP contribution is -2.14. The molecule has 3 aromatic heterocycles. The van der Waals surface area contributed by atoms with Crippen molar-refractivity contribution in [3.63, 3.8) is 0 Å². The molecule has 0 aliphatic rings. The predicted octanol–water partition coefficient (Wildman–Crippen LogP) is 2.68. The molecule has 9 heteroatoms. The molecule has 3 aromatic rings. The maximum absolute atomic E-state index is 11.9. The third-order valence-corrected chi connectivity index (χ3v) is 4.89. The number of amides is 1. The smallest absolute Gasteiger partial charge is 0.236 e. The van der Waals surface area contributed by atoms with Crippen LogP contribution in [-0.2, 0) is 11.2 Å². The van der Waals surface area contributed by atoms with Crippen LogP contribution in [0.2, 0.25) is 0 Å². The van der Waals surface area contributed by atoms with Gasteiger partial charge in [0.2, 0.25) is 11.0 Å². The van der Waals surface area contributed by atoms with Gasteiger partial charge in [-0.2, -0.15) is 0 Å². The number of hydrogen-bond acceptors (Lipinski definition) is 8. The van der Waals surface area contributed by atoms with E-state index in [-0.39, 0.29) is 11.7 Å². The highest BCUT2D eigenvalue weighted by Gasteiger charge is 2.09. The van der Waals surface area contributed by atoms with Crippen LogP contribution in [-0.4, -0.2) is 37.0 Å². The third kappa shape index (κ3) is 4.33.